The van der Waals surface area contributed by atoms with Crippen molar-refractivity contribution in [1.29, 1.82) is 5.26 Å². The Morgan fingerprint density at radius 1 is 1.19 bits per heavy atom. The number of alkyl halides is 3. The van der Waals surface area contributed by atoms with Crippen LogP contribution in [0.1, 0.15) is 38.1 Å². The van der Waals surface area contributed by atoms with E-state index in [4.69, 9.17) is 0 Å². The SMILES string of the molecule is N#CCC(C1CC1)n1nc(Nc2ccc(S(=O)(=O)N3CCCC3C(F)(F)F)cc2)c2c(=O)[nH]ccc21. The first-order chi connectivity index (χ1) is 17.1. The molecule has 0 spiro atoms. The normalized spacial score (nSPS) is 19.9. The van der Waals surface area contributed by atoms with Gasteiger partial charge < -0.3 is 10.3 Å². The van der Waals surface area contributed by atoms with Crippen molar-refractivity contribution in [3.05, 3.63) is 46.9 Å². The number of rotatable bonds is 7. The zero-order valence-corrected chi connectivity index (χ0v) is 19.8. The molecule has 1 saturated heterocycles. The summed E-state index contributed by atoms with van der Waals surface area (Å²) < 4.78 is 68.0. The van der Waals surface area contributed by atoms with Crippen LogP contribution in [0.4, 0.5) is 24.7 Å². The number of pyridine rings is 1. The monoisotopic (exact) mass is 520 g/mol. The van der Waals surface area contributed by atoms with Gasteiger partial charge in [-0.15, -0.1) is 0 Å². The number of aromatic nitrogens is 3. The maximum atomic E-state index is 13.3. The molecular formula is C23H23F3N6O3S. The quantitative estimate of drug-likeness (QED) is 0.485. The Hall–Kier alpha value is -3.37. The minimum atomic E-state index is -4.64. The molecule has 9 nitrogen and oxygen atoms in total. The highest BCUT2D eigenvalue weighted by molar-refractivity contribution is 7.89. The van der Waals surface area contributed by atoms with Crippen molar-refractivity contribution in [3.63, 3.8) is 0 Å². The topological polar surface area (TPSA) is 124 Å². The summed E-state index contributed by atoms with van der Waals surface area (Å²) in [7, 11) is -4.34. The lowest BCUT2D eigenvalue weighted by molar-refractivity contribution is -0.165. The predicted molar refractivity (Wildman–Crippen MR) is 125 cm³/mol. The molecule has 3 heterocycles. The van der Waals surface area contributed by atoms with E-state index in [1.165, 1.54) is 30.5 Å². The summed E-state index contributed by atoms with van der Waals surface area (Å²) in [5.74, 6) is 0.540. The summed E-state index contributed by atoms with van der Waals surface area (Å²) in [4.78, 5) is 15.0. The van der Waals surface area contributed by atoms with E-state index < -0.39 is 22.2 Å². The molecule has 2 aliphatic rings. The van der Waals surface area contributed by atoms with Gasteiger partial charge in [-0.25, -0.2) is 8.42 Å². The van der Waals surface area contributed by atoms with Crippen molar-refractivity contribution in [2.45, 2.75) is 55.3 Å². The van der Waals surface area contributed by atoms with Crippen molar-refractivity contribution in [3.8, 4) is 6.07 Å². The van der Waals surface area contributed by atoms with Gasteiger partial charge in [0.1, 0.15) is 11.4 Å². The van der Waals surface area contributed by atoms with Crippen LogP contribution in [0.2, 0.25) is 0 Å². The fourth-order valence-electron chi connectivity index (χ4n) is 4.80. The first-order valence-corrected chi connectivity index (χ1v) is 13.0. The molecule has 0 bridgehead atoms. The fraction of sp³-hybridized carbons (Fsp3) is 0.435. The average molecular weight is 521 g/mol. The highest BCUT2D eigenvalue weighted by atomic mass is 32.2. The van der Waals surface area contributed by atoms with E-state index in [9.17, 15) is 31.6 Å². The number of nitriles is 1. The van der Waals surface area contributed by atoms with Crippen LogP contribution in [-0.4, -0.2) is 46.3 Å². The summed E-state index contributed by atoms with van der Waals surface area (Å²) >= 11 is 0. The molecule has 190 valence electrons. The highest BCUT2D eigenvalue weighted by Crippen LogP contribution is 2.43. The third-order valence-electron chi connectivity index (χ3n) is 6.72. The van der Waals surface area contributed by atoms with Crippen LogP contribution in [0.25, 0.3) is 10.9 Å². The van der Waals surface area contributed by atoms with Crippen molar-refractivity contribution in [2.24, 2.45) is 5.92 Å². The third kappa shape index (κ3) is 4.35. The molecule has 1 aliphatic carbocycles. The number of benzene rings is 1. The number of aromatic amines is 1. The number of H-pyrrole nitrogens is 1. The molecule has 13 heteroatoms. The minimum Gasteiger partial charge on any atom is -0.338 e. The third-order valence-corrected chi connectivity index (χ3v) is 8.64. The van der Waals surface area contributed by atoms with Crippen molar-refractivity contribution in [1.82, 2.24) is 19.1 Å². The van der Waals surface area contributed by atoms with E-state index >= 15 is 0 Å². The molecule has 0 amide bonds. The summed E-state index contributed by atoms with van der Waals surface area (Å²) in [6.45, 7) is -0.191. The van der Waals surface area contributed by atoms with Gasteiger partial charge in [-0.1, -0.05) is 0 Å². The smallest absolute Gasteiger partial charge is 0.338 e. The van der Waals surface area contributed by atoms with Gasteiger partial charge in [0.25, 0.3) is 5.56 Å². The zero-order chi connectivity index (χ0) is 25.7. The number of sulfonamides is 1. The zero-order valence-electron chi connectivity index (χ0n) is 19.0. The van der Waals surface area contributed by atoms with E-state index in [0.29, 0.717) is 26.8 Å². The van der Waals surface area contributed by atoms with E-state index in [2.05, 4.69) is 21.5 Å². The molecule has 1 aromatic carbocycles. The van der Waals surface area contributed by atoms with Crippen LogP contribution in [0.15, 0.2) is 46.2 Å². The lowest BCUT2D eigenvalue weighted by Gasteiger charge is -2.25. The van der Waals surface area contributed by atoms with Gasteiger partial charge in [0.15, 0.2) is 5.82 Å². The van der Waals surface area contributed by atoms with Gasteiger partial charge in [-0.3, -0.25) is 9.48 Å². The number of halogens is 3. The van der Waals surface area contributed by atoms with E-state index in [0.717, 1.165) is 12.8 Å². The molecule has 0 radical (unpaired) electrons. The fourth-order valence-corrected chi connectivity index (χ4v) is 6.48. The van der Waals surface area contributed by atoms with Crippen molar-refractivity contribution < 1.29 is 21.6 Å². The lowest BCUT2D eigenvalue weighted by atomic mass is 10.1. The molecule has 2 atom stereocenters. The Kier molecular flexibility index (Phi) is 6.04. The number of nitrogens with one attached hydrogen (secondary N) is 2. The number of nitrogens with zero attached hydrogens (tertiary/aromatic N) is 4. The van der Waals surface area contributed by atoms with Crippen molar-refractivity contribution in [2.75, 3.05) is 11.9 Å². The second-order valence-electron chi connectivity index (χ2n) is 9.09. The first kappa shape index (κ1) is 24.3. The molecule has 2 aromatic heterocycles. The molecule has 3 aromatic rings. The second kappa shape index (κ2) is 8.94. The number of hydrogen-bond acceptors (Lipinski definition) is 6. The van der Waals surface area contributed by atoms with Gasteiger partial charge in [-0.2, -0.15) is 27.8 Å². The molecule has 2 N–H and O–H groups in total. The van der Waals surface area contributed by atoms with Crippen LogP contribution < -0.4 is 10.9 Å². The Bertz CT molecular complexity index is 1490. The Balaban J connectivity index is 1.45. The Labute approximate surface area is 204 Å². The van der Waals surface area contributed by atoms with Crippen LogP contribution in [0.3, 0.4) is 0 Å². The lowest BCUT2D eigenvalue weighted by Crippen LogP contribution is -2.44. The van der Waals surface area contributed by atoms with Crippen molar-refractivity contribution >= 4 is 32.4 Å². The largest absolute Gasteiger partial charge is 0.405 e. The van der Waals surface area contributed by atoms with E-state index in [1.807, 2.05) is 0 Å². The molecule has 36 heavy (non-hydrogen) atoms. The van der Waals surface area contributed by atoms with Gasteiger partial charge in [-0.05, 0) is 61.9 Å². The number of fused-ring (bicyclic) bond motifs is 1. The second-order valence-corrected chi connectivity index (χ2v) is 11.0. The van der Waals surface area contributed by atoms with E-state index in [-0.39, 0.29) is 48.1 Å². The average Bonchev–Trinajstić information content (AvgIpc) is 3.40. The minimum absolute atomic E-state index is 0.140. The standard InChI is InChI=1S/C23H23F3N6O3S/c24-23(25,26)19-2-1-13-31(19)36(34,35)16-7-5-15(6-8-16)29-21-20-18(10-12-28-22(20)33)32(30-21)17(9-11-27)14-3-4-14/h5-8,10,12,14,17,19H,1-4,9,13H2,(H,28,33)(H,29,30). The summed E-state index contributed by atoms with van der Waals surface area (Å²) in [6, 6.07) is 6.99. The summed E-state index contributed by atoms with van der Waals surface area (Å²) in [5.41, 5.74) is 0.597. The number of anilines is 2. The molecule has 1 aliphatic heterocycles. The Morgan fingerprint density at radius 3 is 2.56 bits per heavy atom. The van der Waals surface area contributed by atoms with Crippen LogP contribution in [0, 0.1) is 17.2 Å². The summed E-state index contributed by atoms with van der Waals surface area (Å²) in [5, 5.41) is 17.2. The van der Waals surface area contributed by atoms with Crippen LogP contribution in [0.5, 0.6) is 0 Å². The molecule has 5 rings (SSSR count). The number of hydrogen-bond donors (Lipinski definition) is 2. The van der Waals surface area contributed by atoms with Gasteiger partial charge in [0.05, 0.1) is 28.9 Å². The van der Waals surface area contributed by atoms with Crippen LogP contribution >= 0.6 is 0 Å². The predicted octanol–water partition coefficient (Wildman–Crippen LogP) is 4.05. The van der Waals surface area contributed by atoms with Gasteiger partial charge in [0, 0.05) is 18.4 Å². The maximum absolute atomic E-state index is 13.3. The van der Waals surface area contributed by atoms with E-state index in [1.54, 1.807) is 10.7 Å². The van der Waals surface area contributed by atoms with Crippen LogP contribution in [-0.2, 0) is 10.0 Å². The first-order valence-electron chi connectivity index (χ1n) is 11.5. The molecule has 1 saturated carbocycles. The summed E-state index contributed by atoms with van der Waals surface area (Å²) in [6.07, 6.45) is -1.06. The molecular weight excluding hydrogens is 497 g/mol. The highest BCUT2D eigenvalue weighted by Gasteiger charge is 2.50. The molecule has 2 fully saturated rings. The van der Waals surface area contributed by atoms with Gasteiger partial charge in [0.2, 0.25) is 10.0 Å². The Morgan fingerprint density at radius 2 is 1.92 bits per heavy atom. The molecule has 2 unspecified atom stereocenters. The van der Waals surface area contributed by atoms with Gasteiger partial charge >= 0.3 is 6.18 Å². The maximum Gasteiger partial charge on any atom is 0.405 e.